The largest absolute Gasteiger partial charge is 0.497 e. The highest BCUT2D eigenvalue weighted by Gasteiger charge is 2.42. The normalized spacial score (nSPS) is 14.5. The van der Waals surface area contributed by atoms with E-state index in [1.165, 1.54) is 0 Å². The van der Waals surface area contributed by atoms with Crippen molar-refractivity contribution in [1.29, 1.82) is 0 Å². The number of benzene rings is 1. The summed E-state index contributed by atoms with van der Waals surface area (Å²) in [5.41, 5.74) is 1.05. The van der Waals surface area contributed by atoms with Crippen LogP contribution in [-0.2, 0) is 21.0 Å². The maximum Gasteiger partial charge on any atom is 0.190 e. The average molecular weight is 405 g/mol. The predicted molar refractivity (Wildman–Crippen MR) is 113 cm³/mol. The van der Waals surface area contributed by atoms with Crippen LogP contribution in [-0.4, -0.2) is 19.8 Å². The lowest BCUT2D eigenvalue weighted by atomic mass is 9.92. The summed E-state index contributed by atoms with van der Waals surface area (Å²) >= 11 is 0. The lowest BCUT2D eigenvalue weighted by Crippen LogP contribution is -2.36. The molecule has 0 N–H and O–H groups in total. The number of hydrogen-bond donors (Lipinski definition) is 0. The van der Waals surface area contributed by atoms with Crippen molar-refractivity contribution in [1.82, 2.24) is 0 Å². The first-order valence-corrected chi connectivity index (χ1v) is 11.4. The van der Waals surface area contributed by atoms with Crippen LogP contribution in [0.25, 0.3) is 0 Å². The molecule has 1 unspecified atom stereocenters. The Balaban J connectivity index is 2.40. The van der Waals surface area contributed by atoms with Gasteiger partial charge in [0.2, 0.25) is 0 Å². The average Bonchev–Trinajstić information content (AvgIpc) is 3.17. The van der Waals surface area contributed by atoms with Crippen LogP contribution in [0.15, 0.2) is 69.4 Å². The zero-order chi connectivity index (χ0) is 20.8. The fourth-order valence-corrected chi connectivity index (χ4v) is 5.08. The van der Waals surface area contributed by atoms with Gasteiger partial charge in [0.1, 0.15) is 16.3 Å². The number of sulfone groups is 1. The number of hydrogen-bond acceptors (Lipinski definition) is 4. The molecule has 0 spiro atoms. The standard InChI is InChI=1S/C23H32O4S/c1-6-19(16-18(3)17-20-12-11-15-27-20)22(26-7-2)23(4,5)28(24,25)21-13-9-8-10-14-21/h8-15,18H,6-7,16-17H2,1-5H3/b22-19-. The van der Waals surface area contributed by atoms with Crippen molar-refractivity contribution in [3.8, 4) is 0 Å². The molecule has 28 heavy (non-hydrogen) atoms. The molecule has 0 radical (unpaired) electrons. The summed E-state index contributed by atoms with van der Waals surface area (Å²) < 4.78 is 37.1. The van der Waals surface area contributed by atoms with Gasteiger partial charge in [0.25, 0.3) is 0 Å². The zero-order valence-electron chi connectivity index (χ0n) is 17.6. The van der Waals surface area contributed by atoms with E-state index in [0.717, 1.165) is 30.6 Å². The van der Waals surface area contributed by atoms with Crippen LogP contribution >= 0.6 is 0 Å². The molecule has 1 atom stereocenters. The molecular formula is C23H32O4S. The highest BCUT2D eigenvalue weighted by molar-refractivity contribution is 7.93. The minimum Gasteiger partial charge on any atom is -0.497 e. The van der Waals surface area contributed by atoms with Gasteiger partial charge in [0.05, 0.1) is 17.8 Å². The topological polar surface area (TPSA) is 56.5 Å². The Morgan fingerprint density at radius 3 is 2.32 bits per heavy atom. The number of ether oxygens (including phenoxy) is 1. The fraction of sp³-hybridized carbons (Fsp3) is 0.478. The Bertz CT molecular complexity index is 863. The van der Waals surface area contributed by atoms with Gasteiger partial charge < -0.3 is 9.15 Å². The van der Waals surface area contributed by atoms with Crippen LogP contribution in [0, 0.1) is 5.92 Å². The Morgan fingerprint density at radius 2 is 1.79 bits per heavy atom. The SMILES string of the molecule is CCO/C(=C(/CC)CC(C)Cc1ccco1)C(C)(C)S(=O)(=O)c1ccccc1. The Hall–Kier alpha value is -2.01. The minimum absolute atomic E-state index is 0.312. The second kappa shape index (κ2) is 9.46. The third kappa shape index (κ3) is 4.88. The molecule has 0 amide bonds. The van der Waals surface area contributed by atoms with Gasteiger partial charge in [-0.3, -0.25) is 0 Å². The number of rotatable bonds is 10. The predicted octanol–water partition coefficient (Wildman–Crippen LogP) is 5.80. The van der Waals surface area contributed by atoms with Crippen LogP contribution in [0.1, 0.15) is 53.2 Å². The molecule has 1 aromatic heterocycles. The molecule has 5 heteroatoms. The summed E-state index contributed by atoms with van der Waals surface area (Å²) in [5, 5.41) is 0. The van der Waals surface area contributed by atoms with Crippen molar-refractivity contribution in [2.45, 2.75) is 63.5 Å². The quantitative estimate of drug-likeness (QED) is 0.470. The van der Waals surface area contributed by atoms with Crippen LogP contribution in [0.5, 0.6) is 0 Å². The van der Waals surface area contributed by atoms with E-state index < -0.39 is 14.6 Å². The zero-order valence-corrected chi connectivity index (χ0v) is 18.4. The van der Waals surface area contributed by atoms with E-state index in [-0.39, 0.29) is 0 Å². The molecule has 2 aromatic rings. The first kappa shape index (κ1) is 22.3. The monoisotopic (exact) mass is 404 g/mol. The maximum atomic E-state index is 13.4. The number of allylic oxidation sites excluding steroid dienone is 1. The molecule has 1 aromatic carbocycles. The van der Waals surface area contributed by atoms with E-state index in [4.69, 9.17) is 9.15 Å². The smallest absolute Gasteiger partial charge is 0.190 e. The van der Waals surface area contributed by atoms with Crippen LogP contribution in [0.3, 0.4) is 0 Å². The summed E-state index contributed by atoms with van der Waals surface area (Å²) in [4.78, 5) is 0.316. The Labute approximate surface area is 169 Å². The van der Waals surface area contributed by atoms with Crippen LogP contribution in [0.4, 0.5) is 0 Å². The molecule has 0 aliphatic rings. The van der Waals surface area contributed by atoms with Gasteiger partial charge in [0.15, 0.2) is 9.84 Å². The maximum absolute atomic E-state index is 13.4. The summed E-state index contributed by atoms with van der Waals surface area (Å²) in [6.07, 6.45) is 3.99. The minimum atomic E-state index is -3.60. The van der Waals surface area contributed by atoms with Crippen molar-refractivity contribution >= 4 is 9.84 Å². The molecule has 0 aliphatic heterocycles. The van der Waals surface area contributed by atoms with E-state index in [2.05, 4.69) is 13.8 Å². The van der Waals surface area contributed by atoms with Crippen molar-refractivity contribution < 1.29 is 17.6 Å². The molecule has 4 nitrogen and oxygen atoms in total. The summed E-state index contributed by atoms with van der Waals surface area (Å²) in [7, 11) is -3.60. The molecular weight excluding hydrogens is 372 g/mol. The molecule has 0 aliphatic carbocycles. The lowest BCUT2D eigenvalue weighted by molar-refractivity contribution is 0.198. The second-order valence-corrected chi connectivity index (χ2v) is 10.1. The summed E-state index contributed by atoms with van der Waals surface area (Å²) in [5.74, 6) is 1.83. The van der Waals surface area contributed by atoms with Crippen LogP contribution in [0.2, 0.25) is 0 Å². The second-order valence-electron chi connectivity index (χ2n) is 7.64. The van der Waals surface area contributed by atoms with Crippen LogP contribution < -0.4 is 0 Å². The fourth-order valence-electron chi connectivity index (χ4n) is 3.52. The highest BCUT2D eigenvalue weighted by Crippen LogP contribution is 2.37. The van der Waals surface area contributed by atoms with Crippen molar-refractivity contribution in [3.05, 3.63) is 65.8 Å². The molecule has 0 fully saturated rings. The van der Waals surface area contributed by atoms with Crippen molar-refractivity contribution in [2.24, 2.45) is 5.92 Å². The van der Waals surface area contributed by atoms with Gasteiger partial charge in [-0.05, 0) is 69.4 Å². The Kier molecular flexibility index (Phi) is 7.53. The van der Waals surface area contributed by atoms with Gasteiger partial charge in [-0.1, -0.05) is 32.0 Å². The van der Waals surface area contributed by atoms with Gasteiger partial charge >= 0.3 is 0 Å². The summed E-state index contributed by atoms with van der Waals surface area (Å²) in [6, 6.07) is 12.5. The highest BCUT2D eigenvalue weighted by atomic mass is 32.2. The van der Waals surface area contributed by atoms with Crippen molar-refractivity contribution in [3.63, 3.8) is 0 Å². The first-order valence-electron chi connectivity index (χ1n) is 9.91. The van der Waals surface area contributed by atoms with E-state index in [1.54, 1.807) is 44.4 Å². The Morgan fingerprint density at radius 1 is 1.11 bits per heavy atom. The van der Waals surface area contributed by atoms with Crippen molar-refractivity contribution in [2.75, 3.05) is 6.61 Å². The molecule has 2 rings (SSSR count). The summed E-state index contributed by atoms with van der Waals surface area (Å²) in [6.45, 7) is 10.0. The van der Waals surface area contributed by atoms with E-state index in [0.29, 0.717) is 23.2 Å². The van der Waals surface area contributed by atoms with Gasteiger partial charge in [-0.25, -0.2) is 8.42 Å². The van der Waals surface area contributed by atoms with E-state index in [1.807, 2.05) is 25.1 Å². The van der Waals surface area contributed by atoms with E-state index >= 15 is 0 Å². The van der Waals surface area contributed by atoms with E-state index in [9.17, 15) is 8.42 Å². The molecule has 1 heterocycles. The third-order valence-corrected chi connectivity index (χ3v) is 7.46. The molecule has 0 saturated carbocycles. The molecule has 154 valence electrons. The van der Waals surface area contributed by atoms with Gasteiger partial charge in [0, 0.05) is 6.42 Å². The lowest BCUT2D eigenvalue weighted by Gasteiger charge is -2.31. The van der Waals surface area contributed by atoms with Gasteiger partial charge in [-0.2, -0.15) is 0 Å². The number of furan rings is 1. The molecule has 0 bridgehead atoms. The third-order valence-electron chi connectivity index (χ3n) is 5.03. The first-order chi connectivity index (χ1) is 13.2. The molecule has 0 saturated heterocycles. The van der Waals surface area contributed by atoms with Gasteiger partial charge in [-0.15, -0.1) is 0 Å².